The van der Waals surface area contributed by atoms with Gasteiger partial charge in [0.05, 0.1) is 19.1 Å². The van der Waals surface area contributed by atoms with Crippen molar-refractivity contribution in [2.75, 3.05) is 33.9 Å². The number of methoxy groups -OCH3 is 2. The van der Waals surface area contributed by atoms with E-state index in [1.165, 1.54) is 25.8 Å². The largest absolute Gasteiger partial charge is 0.497 e. The molecule has 10 heteroatoms. The Morgan fingerprint density at radius 1 is 1.10 bits per heavy atom. The number of benzene rings is 2. The minimum absolute atomic E-state index is 0.0501. The van der Waals surface area contributed by atoms with Crippen LogP contribution in [0, 0.1) is 4.91 Å². The van der Waals surface area contributed by atoms with Crippen molar-refractivity contribution in [1.29, 1.82) is 0 Å². The van der Waals surface area contributed by atoms with Gasteiger partial charge >= 0.3 is 5.69 Å². The van der Waals surface area contributed by atoms with Crippen molar-refractivity contribution in [2.24, 2.45) is 0 Å². The van der Waals surface area contributed by atoms with Crippen molar-refractivity contribution in [3.63, 3.8) is 0 Å². The van der Waals surface area contributed by atoms with E-state index in [1.807, 2.05) is 6.07 Å². The van der Waals surface area contributed by atoms with Crippen LogP contribution in [-0.2, 0) is 23.0 Å². The highest BCUT2D eigenvalue weighted by Crippen LogP contribution is 2.28. The van der Waals surface area contributed by atoms with Gasteiger partial charge in [0.15, 0.2) is 0 Å². The molecule has 0 spiro atoms. The molecule has 9 nitrogen and oxygen atoms in total. The molecule has 0 saturated heterocycles. The Morgan fingerprint density at radius 3 is 2.61 bits per heavy atom. The van der Waals surface area contributed by atoms with E-state index in [-0.39, 0.29) is 21.3 Å². The lowest BCUT2D eigenvalue weighted by Gasteiger charge is -2.28. The van der Waals surface area contributed by atoms with Gasteiger partial charge in [-0.25, -0.2) is 18.3 Å². The summed E-state index contributed by atoms with van der Waals surface area (Å²) >= 11 is 0. The summed E-state index contributed by atoms with van der Waals surface area (Å²) in [6.07, 6.45) is 2.38. The molecular weight excluding hydrogens is 422 g/mol. The van der Waals surface area contributed by atoms with E-state index in [2.05, 4.69) is 9.62 Å². The number of hydrogen-bond acceptors (Lipinski definition) is 6. The lowest BCUT2D eigenvalue weighted by atomic mass is 9.99. The molecule has 2 aromatic carbocycles. The minimum atomic E-state index is -3.72. The van der Waals surface area contributed by atoms with Crippen molar-refractivity contribution < 1.29 is 28.0 Å². The molecule has 168 valence electrons. The average Bonchev–Trinajstić information content (AvgIpc) is 2.77. The van der Waals surface area contributed by atoms with Crippen molar-refractivity contribution in [2.45, 2.75) is 30.7 Å². The molecule has 1 aliphatic heterocycles. The quantitative estimate of drug-likeness (QED) is 0.423. The number of ether oxygens (including phenoxy) is 2. The van der Waals surface area contributed by atoms with Crippen LogP contribution in [0.15, 0.2) is 41.3 Å². The molecule has 1 aliphatic rings. The van der Waals surface area contributed by atoms with Gasteiger partial charge < -0.3 is 9.47 Å². The summed E-state index contributed by atoms with van der Waals surface area (Å²) in [6.45, 7) is 2.73. The van der Waals surface area contributed by atoms with Crippen molar-refractivity contribution in [1.82, 2.24) is 9.62 Å². The van der Waals surface area contributed by atoms with Crippen LogP contribution in [0.25, 0.3) is 0 Å². The van der Waals surface area contributed by atoms with Gasteiger partial charge in [-0.1, -0.05) is 6.07 Å². The van der Waals surface area contributed by atoms with Crippen molar-refractivity contribution >= 4 is 15.7 Å². The molecular formula is C21H28N3O6S+. The SMILES string of the molecule is COc1ccc(OC)c(S(=O)(=O)NCCCCN2CCc3ccc([N+](=O)O)cc3C2)c1. The lowest BCUT2D eigenvalue weighted by molar-refractivity contribution is -0.729. The fourth-order valence-corrected chi connectivity index (χ4v) is 4.91. The summed E-state index contributed by atoms with van der Waals surface area (Å²) in [5.74, 6) is 0.704. The number of rotatable bonds is 10. The van der Waals surface area contributed by atoms with E-state index in [0.717, 1.165) is 31.5 Å². The molecule has 0 aromatic heterocycles. The first-order valence-electron chi connectivity index (χ1n) is 10.1. The molecule has 0 bridgehead atoms. The molecule has 0 radical (unpaired) electrons. The first kappa shape index (κ1) is 23.0. The van der Waals surface area contributed by atoms with Gasteiger partial charge in [0.1, 0.15) is 16.4 Å². The molecule has 2 N–H and O–H groups in total. The Hall–Kier alpha value is -2.69. The van der Waals surface area contributed by atoms with Crippen LogP contribution >= 0.6 is 0 Å². The van der Waals surface area contributed by atoms with Crippen LogP contribution in [0.5, 0.6) is 11.5 Å². The van der Waals surface area contributed by atoms with Crippen LogP contribution in [0.3, 0.4) is 0 Å². The van der Waals surface area contributed by atoms with E-state index in [1.54, 1.807) is 24.3 Å². The molecule has 0 saturated carbocycles. The van der Waals surface area contributed by atoms with Gasteiger partial charge in [-0.2, -0.15) is 0 Å². The maximum atomic E-state index is 12.7. The first-order valence-corrected chi connectivity index (χ1v) is 11.5. The highest BCUT2D eigenvalue weighted by Gasteiger charge is 2.22. The maximum absolute atomic E-state index is 12.7. The fourth-order valence-electron chi connectivity index (χ4n) is 3.65. The monoisotopic (exact) mass is 450 g/mol. The van der Waals surface area contributed by atoms with Gasteiger partial charge in [-0.05, 0) is 49.1 Å². The Labute approximate surface area is 182 Å². The zero-order valence-corrected chi connectivity index (χ0v) is 18.5. The molecule has 2 aromatic rings. The zero-order chi connectivity index (χ0) is 22.4. The molecule has 0 amide bonds. The zero-order valence-electron chi connectivity index (χ0n) is 17.7. The Balaban J connectivity index is 1.49. The van der Waals surface area contributed by atoms with Crippen LogP contribution < -0.4 is 14.2 Å². The summed E-state index contributed by atoms with van der Waals surface area (Å²) in [7, 11) is -0.816. The number of nitrogens with zero attached hydrogens (tertiary/aromatic N) is 2. The summed E-state index contributed by atoms with van der Waals surface area (Å²) in [4.78, 5) is 13.3. The van der Waals surface area contributed by atoms with Crippen LogP contribution in [0.1, 0.15) is 24.0 Å². The van der Waals surface area contributed by atoms with Gasteiger partial charge in [-0.3, -0.25) is 4.90 Å². The van der Waals surface area contributed by atoms with Crippen LogP contribution in [0.2, 0.25) is 0 Å². The van der Waals surface area contributed by atoms with Gasteiger partial charge in [-0.15, -0.1) is 0 Å². The Morgan fingerprint density at radius 2 is 1.90 bits per heavy atom. The highest BCUT2D eigenvalue weighted by molar-refractivity contribution is 7.89. The van der Waals surface area contributed by atoms with E-state index in [9.17, 15) is 13.3 Å². The van der Waals surface area contributed by atoms with Gasteiger partial charge in [0, 0.05) is 37.8 Å². The fraction of sp³-hybridized carbons (Fsp3) is 0.429. The normalized spacial score (nSPS) is 14.1. The molecule has 0 aliphatic carbocycles. The van der Waals surface area contributed by atoms with E-state index in [4.69, 9.17) is 14.7 Å². The standard InChI is InChI=1S/C21H28N3O6S/c1-29-19-7-8-20(30-2)21(14-19)31(27,28)22-10-3-4-11-23-12-9-16-5-6-18(24(25)26)13-17(16)15-23/h5-8,13-14,22H,3-4,9-12,15H2,1-2H3,(H,25,26)/q+1. The third-order valence-corrected chi connectivity index (χ3v) is 6.84. The summed E-state index contributed by atoms with van der Waals surface area (Å²) in [6, 6.07) is 9.86. The predicted molar refractivity (Wildman–Crippen MR) is 114 cm³/mol. The topological polar surface area (TPSA) is 108 Å². The molecule has 0 unspecified atom stereocenters. The lowest BCUT2D eigenvalue weighted by Crippen LogP contribution is -2.32. The van der Waals surface area contributed by atoms with Crippen LogP contribution in [0.4, 0.5) is 5.69 Å². The number of sulfonamides is 1. The summed E-state index contributed by atoms with van der Waals surface area (Å²) < 4.78 is 38.2. The molecule has 31 heavy (non-hydrogen) atoms. The highest BCUT2D eigenvalue weighted by atomic mass is 32.2. The van der Waals surface area contributed by atoms with Crippen molar-refractivity contribution in [3.8, 4) is 11.5 Å². The Kier molecular flexibility index (Phi) is 7.47. The second-order valence-electron chi connectivity index (χ2n) is 7.37. The third-order valence-electron chi connectivity index (χ3n) is 5.36. The van der Waals surface area contributed by atoms with Gasteiger partial charge in [0.25, 0.3) is 4.92 Å². The van der Waals surface area contributed by atoms with E-state index >= 15 is 0 Å². The van der Waals surface area contributed by atoms with Crippen molar-refractivity contribution in [3.05, 3.63) is 52.4 Å². The second-order valence-corrected chi connectivity index (χ2v) is 9.11. The third kappa shape index (κ3) is 5.72. The van der Waals surface area contributed by atoms with Gasteiger partial charge in [0.2, 0.25) is 10.0 Å². The molecule has 3 rings (SSSR count). The number of fused-ring (bicyclic) bond motifs is 1. The minimum Gasteiger partial charge on any atom is -0.497 e. The number of hydrogen-bond donors (Lipinski definition) is 2. The Bertz CT molecular complexity index is 1040. The maximum Gasteiger partial charge on any atom is 0.316 e. The van der Waals surface area contributed by atoms with E-state index < -0.39 is 10.0 Å². The molecule has 0 atom stereocenters. The van der Waals surface area contributed by atoms with E-state index in [0.29, 0.717) is 25.3 Å². The average molecular weight is 451 g/mol. The smallest absolute Gasteiger partial charge is 0.316 e. The summed E-state index contributed by atoms with van der Waals surface area (Å²) in [5.41, 5.74) is 2.44. The van der Waals surface area contributed by atoms with Crippen LogP contribution in [-0.4, -0.2) is 57.3 Å². The first-order chi connectivity index (χ1) is 14.8. The summed E-state index contributed by atoms with van der Waals surface area (Å²) in [5, 5.41) is 9.10. The predicted octanol–water partition coefficient (Wildman–Crippen LogP) is 2.62. The number of nitrogens with one attached hydrogen (secondary N) is 1. The molecule has 0 fully saturated rings. The second kappa shape index (κ2) is 10.1. The molecule has 1 heterocycles. The number of unbranched alkanes of at least 4 members (excludes halogenated alkanes) is 1.